The van der Waals surface area contributed by atoms with Crippen molar-refractivity contribution in [1.82, 2.24) is 9.47 Å². The normalized spacial score (nSPS) is 14.0. The monoisotopic (exact) mass is 508 g/mol. The van der Waals surface area contributed by atoms with Gasteiger partial charge in [-0.3, -0.25) is 9.69 Å². The lowest BCUT2D eigenvalue weighted by molar-refractivity contribution is 0.0524. The molecule has 3 heterocycles. The summed E-state index contributed by atoms with van der Waals surface area (Å²) in [7, 11) is 0. The maximum absolute atomic E-state index is 14.6. The summed E-state index contributed by atoms with van der Waals surface area (Å²) in [5, 5.41) is 0.410. The van der Waals surface area contributed by atoms with Crippen molar-refractivity contribution in [3.05, 3.63) is 93.3 Å². The van der Waals surface area contributed by atoms with Crippen molar-refractivity contribution in [1.29, 1.82) is 0 Å². The second kappa shape index (κ2) is 10.3. The van der Waals surface area contributed by atoms with E-state index in [0.29, 0.717) is 16.8 Å². The number of hydrogen-bond acceptors (Lipinski definition) is 5. The fourth-order valence-corrected chi connectivity index (χ4v) is 6.05. The Morgan fingerprint density at radius 1 is 0.972 bits per heavy atom. The minimum atomic E-state index is -0.744. The van der Waals surface area contributed by atoms with Gasteiger partial charge in [-0.1, -0.05) is 36.4 Å². The van der Waals surface area contributed by atoms with Gasteiger partial charge in [-0.15, -0.1) is 11.3 Å². The van der Waals surface area contributed by atoms with Crippen LogP contribution in [0.4, 0.5) is 8.78 Å². The molecular weight excluding hydrogens is 482 g/mol. The van der Waals surface area contributed by atoms with E-state index in [1.165, 1.54) is 35.7 Å². The number of nitrogens with zero attached hydrogens (tertiary/aromatic N) is 2. The largest absolute Gasteiger partial charge is 0.462 e. The average Bonchev–Trinajstić information content (AvgIpc) is 3.52. The molecule has 1 saturated heterocycles. The molecular formula is C28H26F2N2O3S. The lowest BCUT2D eigenvalue weighted by atomic mass is 10.0. The van der Waals surface area contributed by atoms with E-state index >= 15 is 0 Å². The van der Waals surface area contributed by atoms with Gasteiger partial charge < -0.3 is 9.30 Å². The van der Waals surface area contributed by atoms with Gasteiger partial charge in [0.2, 0.25) is 5.43 Å². The molecule has 36 heavy (non-hydrogen) atoms. The quantitative estimate of drug-likeness (QED) is 0.295. The number of hydrogen-bond donors (Lipinski definition) is 0. The maximum atomic E-state index is 14.6. The topological polar surface area (TPSA) is 51.5 Å². The van der Waals surface area contributed by atoms with Crippen molar-refractivity contribution in [3.63, 3.8) is 0 Å². The molecule has 0 saturated carbocycles. The van der Waals surface area contributed by atoms with E-state index in [4.69, 9.17) is 4.74 Å². The van der Waals surface area contributed by atoms with Gasteiger partial charge in [0, 0.05) is 23.2 Å². The molecule has 0 spiro atoms. The van der Waals surface area contributed by atoms with Crippen molar-refractivity contribution >= 4 is 27.5 Å². The molecule has 186 valence electrons. The highest BCUT2D eigenvalue weighted by Crippen LogP contribution is 2.39. The van der Waals surface area contributed by atoms with Crippen LogP contribution in [0, 0.1) is 11.6 Å². The van der Waals surface area contributed by atoms with E-state index in [1.54, 1.807) is 11.5 Å². The van der Waals surface area contributed by atoms with Crippen LogP contribution in [0.15, 0.2) is 59.5 Å². The highest BCUT2D eigenvalue weighted by Gasteiger charge is 2.26. The summed E-state index contributed by atoms with van der Waals surface area (Å²) in [6.07, 6.45) is 3.56. The standard InChI is InChI=1S/C28H26F2N2O3S/c1-2-35-28(34)21-17-32(16-19-22(29)11-8-12-23(19)30)27-24(25(21)33)20(15-31-13-6-7-14-31)26(36-27)18-9-4-3-5-10-18/h3-5,8-12,17H,2,6-7,13-16H2,1H3. The first kappa shape index (κ1) is 24.3. The third-order valence-corrected chi connectivity index (χ3v) is 7.83. The van der Waals surface area contributed by atoms with E-state index in [2.05, 4.69) is 4.90 Å². The summed E-state index contributed by atoms with van der Waals surface area (Å²) in [5.74, 6) is -2.11. The summed E-state index contributed by atoms with van der Waals surface area (Å²) in [6, 6.07) is 13.5. The number of thiophene rings is 1. The SMILES string of the molecule is CCOC(=O)c1cn(Cc2c(F)cccc2F)c2sc(-c3ccccc3)c(CN3CCCC3)c2c1=O. The van der Waals surface area contributed by atoms with Gasteiger partial charge >= 0.3 is 5.97 Å². The van der Waals surface area contributed by atoms with Crippen LogP contribution in [-0.2, 0) is 17.8 Å². The van der Waals surface area contributed by atoms with Gasteiger partial charge in [-0.25, -0.2) is 13.6 Å². The highest BCUT2D eigenvalue weighted by atomic mass is 32.1. The van der Waals surface area contributed by atoms with Crippen LogP contribution in [0.1, 0.15) is 41.3 Å². The molecule has 5 rings (SSSR count). The summed E-state index contributed by atoms with van der Waals surface area (Å²) in [4.78, 5) is 30.3. The Morgan fingerprint density at radius 2 is 1.67 bits per heavy atom. The number of aromatic nitrogens is 1. The summed E-state index contributed by atoms with van der Waals surface area (Å²) >= 11 is 1.41. The van der Waals surface area contributed by atoms with Crippen LogP contribution in [0.25, 0.3) is 20.7 Å². The predicted molar refractivity (Wildman–Crippen MR) is 137 cm³/mol. The van der Waals surface area contributed by atoms with Crippen molar-refractivity contribution < 1.29 is 18.3 Å². The summed E-state index contributed by atoms with van der Waals surface area (Å²) in [5.41, 5.74) is 1.10. The molecule has 8 heteroatoms. The Morgan fingerprint density at radius 3 is 2.33 bits per heavy atom. The fraction of sp³-hybridized carbons (Fsp3) is 0.286. The second-order valence-electron chi connectivity index (χ2n) is 8.86. The van der Waals surface area contributed by atoms with E-state index in [9.17, 15) is 18.4 Å². The molecule has 0 atom stereocenters. The minimum Gasteiger partial charge on any atom is -0.462 e. The van der Waals surface area contributed by atoms with Crippen LogP contribution < -0.4 is 5.43 Å². The third-order valence-electron chi connectivity index (χ3n) is 6.51. The Hall–Kier alpha value is -3.36. The zero-order valence-corrected chi connectivity index (χ0v) is 20.7. The number of carbonyl (C=O) groups is 1. The van der Waals surface area contributed by atoms with Crippen molar-refractivity contribution in [2.45, 2.75) is 32.9 Å². The Balaban J connectivity index is 1.79. The molecule has 1 fully saturated rings. The number of halogens is 2. The summed E-state index contributed by atoms with van der Waals surface area (Å²) < 4.78 is 36.0. The van der Waals surface area contributed by atoms with E-state index in [-0.39, 0.29) is 24.3 Å². The molecule has 0 unspecified atom stereocenters. The van der Waals surface area contributed by atoms with Crippen molar-refractivity contribution in [2.24, 2.45) is 0 Å². The molecule has 0 aliphatic carbocycles. The van der Waals surface area contributed by atoms with Gasteiger partial charge in [-0.2, -0.15) is 0 Å². The number of fused-ring (bicyclic) bond motifs is 1. The Labute approximate surface area is 211 Å². The molecule has 5 nitrogen and oxygen atoms in total. The first-order valence-electron chi connectivity index (χ1n) is 12.0. The van der Waals surface area contributed by atoms with Crippen molar-refractivity contribution in [2.75, 3.05) is 19.7 Å². The van der Waals surface area contributed by atoms with Gasteiger partial charge in [0.1, 0.15) is 22.0 Å². The number of pyridine rings is 1. The zero-order valence-electron chi connectivity index (χ0n) is 19.9. The smallest absolute Gasteiger partial charge is 0.343 e. The third kappa shape index (κ3) is 4.58. The van der Waals surface area contributed by atoms with Gasteiger partial charge in [-0.05, 0) is 56.1 Å². The van der Waals surface area contributed by atoms with Gasteiger partial charge in [0.25, 0.3) is 0 Å². The van der Waals surface area contributed by atoms with Crippen LogP contribution in [0.5, 0.6) is 0 Å². The number of benzene rings is 2. The molecule has 0 bridgehead atoms. The number of ether oxygens (including phenoxy) is 1. The van der Waals surface area contributed by atoms with Gasteiger partial charge in [0.05, 0.1) is 18.5 Å². The molecule has 2 aromatic heterocycles. The van der Waals surface area contributed by atoms with E-state index in [0.717, 1.165) is 41.9 Å². The van der Waals surface area contributed by atoms with Crippen LogP contribution in [0.3, 0.4) is 0 Å². The number of esters is 1. The van der Waals surface area contributed by atoms with Crippen LogP contribution >= 0.6 is 11.3 Å². The Bertz CT molecular complexity index is 1450. The summed E-state index contributed by atoms with van der Waals surface area (Å²) in [6.45, 7) is 4.02. The van der Waals surface area contributed by atoms with Crippen molar-refractivity contribution in [3.8, 4) is 10.4 Å². The molecule has 1 aliphatic rings. The fourth-order valence-electron chi connectivity index (χ4n) is 4.76. The molecule has 2 aromatic carbocycles. The van der Waals surface area contributed by atoms with E-state index in [1.807, 2.05) is 30.3 Å². The van der Waals surface area contributed by atoms with Crippen LogP contribution in [-0.4, -0.2) is 35.1 Å². The molecule has 4 aromatic rings. The zero-order chi connectivity index (χ0) is 25.2. The van der Waals surface area contributed by atoms with E-state index < -0.39 is 23.0 Å². The molecule has 0 radical (unpaired) electrons. The average molecular weight is 509 g/mol. The highest BCUT2D eigenvalue weighted by molar-refractivity contribution is 7.22. The predicted octanol–water partition coefficient (Wildman–Crippen LogP) is 5.83. The molecule has 1 aliphatic heterocycles. The molecule has 0 N–H and O–H groups in total. The molecule has 0 amide bonds. The number of carbonyl (C=O) groups excluding carboxylic acids is 1. The van der Waals surface area contributed by atoms with Gasteiger partial charge in [0.15, 0.2) is 0 Å². The number of likely N-dealkylation sites (tertiary alicyclic amines) is 1. The first-order chi connectivity index (χ1) is 17.5. The maximum Gasteiger partial charge on any atom is 0.343 e. The lowest BCUT2D eigenvalue weighted by Crippen LogP contribution is -2.23. The Kier molecular flexibility index (Phi) is 6.98. The van der Waals surface area contributed by atoms with Crippen LogP contribution in [0.2, 0.25) is 0 Å². The minimum absolute atomic E-state index is 0.109. The second-order valence-corrected chi connectivity index (χ2v) is 9.86. The number of rotatable bonds is 7. The lowest BCUT2D eigenvalue weighted by Gasteiger charge is -2.16. The first-order valence-corrected chi connectivity index (χ1v) is 12.9.